The first-order chi connectivity index (χ1) is 22.4. The van der Waals surface area contributed by atoms with E-state index in [4.69, 9.17) is 25.2 Å². The molecule has 8 aromatic rings. The highest BCUT2D eigenvalue weighted by atomic mass is 16.3. The summed E-state index contributed by atoms with van der Waals surface area (Å²) in [6.07, 6.45) is 7.84. The van der Waals surface area contributed by atoms with E-state index in [1.54, 1.807) is 0 Å². The number of hydrogen-bond acceptors (Lipinski definition) is 4. The van der Waals surface area contributed by atoms with Crippen molar-refractivity contribution in [3.63, 3.8) is 0 Å². The van der Waals surface area contributed by atoms with Crippen LogP contribution in [0.15, 0.2) is 124 Å². The highest BCUT2D eigenvalue weighted by Gasteiger charge is 2.42. The van der Waals surface area contributed by atoms with E-state index in [1.165, 1.54) is 5.39 Å². The van der Waals surface area contributed by atoms with Crippen molar-refractivity contribution in [1.82, 2.24) is 9.97 Å². The summed E-state index contributed by atoms with van der Waals surface area (Å²) >= 11 is 0. The number of aromatic nitrogens is 2. The van der Waals surface area contributed by atoms with Crippen LogP contribution in [0.2, 0.25) is 0 Å². The first kappa shape index (κ1) is 26.5. The van der Waals surface area contributed by atoms with Gasteiger partial charge in [-0.25, -0.2) is 4.98 Å². The number of para-hydroxylation sites is 2. The van der Waals surface area contributed by atoms with Gasteiger partial charge >= 0.3 is 0 Å². The second kappa shape index (κ2) is 9.54. The fourth-order valence-corrected chi connectivity index (χ4v) is 7.58. The Kier molecular flexibility index (Phi) is 5.49. The number of nitrogens with zero attached hydrogens (tertiary/aromatic N) is 2. The second-order valence-electron chi connectivity index (χ2n) is 12.5. The van der Waals surface area contributed by atoms with Crippen molar-refractivity contribution < 1.29 is 8.83 Å². The molecule has 0 fully saturated rings. The molecule has 1 aliphatic carbocycles. The van der Waals surface area contributed by atoms with Crippen LogP contribution in [0.1, 0.15) is 37.7 Å². The van der Waals surface area contributed by atoms with E-state index in [-0.39, 0.29) is 0 Å². The summed E-state index contributed by atoms with van der Waals surface area (Å²) in [4.78, 5) is 10.4. The van der Waals surface area contributed by atoms with Crippen LogP contribution >= 0.6 is 0 Å². The van der Waals surface area contributed by atoms with Crippen LogP contribution in [-0.2, 0) is 5.41 Å². The van der Waals surface area contributed by atoms with E-state index in [0.29, 0.717) is 11.5 Å². The molecule has 0 N–H and O–H groups in total. The SMILES string of the molecule is C#C/C=C1\C(=C(/C)c2nc(-c3ccc4ccccc4c3)c3c(n2)oc2ccccc23)C(C)(C)c2c1ccc1c2oc2ccccc21. The fourth-order valence-electron chi connectivity index (χ4n) is 7.58. The van der Waals surface area contributed by atoms with Crippen molar-refractivity contribution in [3.8, 4) is 23.6 Å². The van der Waals surface area contributed by atoms with Crippen LogP contribution in [0.4, 0.5) is 0 Å². The Morgan fingerprint density at radius 3 is 2.28 bits per heavy atom. The van der Waals surface area contributed by atoms with E-state index in [0.717, 1.165) is 82.8 Å². The zero-order valence-corrected chi connectivity index (χ0v) is 25.7. The van der Waals surface area contributed by atoms with Gasteiger partial charge in [-0.2, -0.15) is 4.98 Å². The monoisotopic (exact) mass is 592 g/mol. The third kappa shape index (κ3) is 3.63. The normalized spacial score (nSPS) is 16.2. The number of rotatable bonds is 2. The van der Waals surface area contributed by atoms with Crippen LogP contribution in [0.3, 0.4) is 0 Å². The van der Waals surface area contributed by atoms with Crippen molar-refractivity contribution in [3.05, 3.63) is 132 Å². The topological polar surface area (TPSA) is 52.1 Å². The Labute approximate surface area is 265 Å². The van der Waals surface area contributed by atoms with Crippen molar-refractivity contribution in [2.24, 2.45) is 0 Å². The molecule has 0 atom stereocenters. The van der Waals surface area contributed by atoms with E-state index in [1.807, 2.05) is 42.5 Å². The lowest BCUT2D eigenvalue weighted by atomic mass is 9.79. The highest BCUT2D eigenvalue weighted by Crippen LogP contribution is 2.55. The maximum atomic E-state index is 6.55. The Morgan fingerprint density at radius 2 is 1.48 bits per heavy atom. The highest BCUT2D eigenvalue weighted by molar-refractivity contribution is 6.12. The van der Waals surface area contributed by atoms with E-state index in [9.17, 15) is 0 Å². The number of allylic oxidation sites excluding steroid dienone is 4. The van der Waals surface area contributed by atoms with Gasteiger partial charge in [0.15, 0.2) is 5.82 Å². The fraction of sp³-hybridized carbons (Fsp3) is 0.0952. The Hall–Kier alpha value is -5.92. The van der Waals surface area contributed by atoms with Crippen LogP contribution < -0.4 is 0 Å². The van der Waals surface area contributed by atoms with E-state index in [2.05, 4.69) is 93.4 Å². The third-order valence-corrected chi connectivity index (χ3v) is 9.56. The van der Waals surface area contributed by atoms with Crippen molar-refractivity contribution in [1.29, 1.82) is 0 Å². The van der Waals surface area contributed by atoms with Gasteiger partial charge in [-0.15, -0.1) is 6.42 Å². The molecule has 4 heteroatoms. The smallest absolute Gasteiger partial charge is 0.231 e. The molecule has 0 saturated carbocycles. The Morgan fingerprint density at radius 1 is 0.761 bits per heavy atom. The van der Waals surface area contributed by atoms with Crippen LogP contribution in [-0.4, -0.2) is 9.97 Å². The lowest BCUT2D eigenvalue weighted by molar-refractivity contribution is 0.619. The molecule has 0 bridgehead atoms. The average molecular weight is 593 g/mol. The first-order valence-electron chi connectivity index (χ1n) is 15.5. The van der Waals surface area contributed by atoms with Crippen LogP contribution in [0.25, 0.3) is 77.2 Å². The zero-order valence-electron chi connectivity index (χ0n) is 25.7. The molecule has 0 radical (unpaired) electrons. The molecule has 9 rings (SSSR count). The number of hydrogen-bond donors (Lipinski definition) is 0. The average Bonchev–Trinajstić information content (AvgIpc) is 3.71. The van der Waals surface area contributed by atoms with Crippen LogP contribution in [0.5, 0.6) is 0 Å². The second-order valence-corrected chi connectivity index (χ2v) is 12.5. The molecule has 3 heterocycles. The molecule has 0 amide bonds. The van der Waals surface area contributed by atoms with Gasteiger partial charge in [0.25, 0.3) is 0 Å². The first-order valence-corrected chi connectivity index (χ1v) is 15.5. The summed E-state index contributed by atoms with van der Waals surface area (Å²) in [5, 5.41) is 6.43. The molecule has 0 spiro atoms. The molecular weight excluding hydrogens is 564 g/mol. The van der Waals surface area contributed by atoms with E-state index >= 15 is 0 Å². The van der Waals surface area contributed by atoms with Gasteiger partial charge in [0.2, 0.25) is 5.71 Å². The van der Waals surface area contributed by atoms with E-state index < -0.39 is 5.41 Å². The largest absolute Gasteiger partial charge is 0.456 e. The number of furan rings is 2. The van der Waals surface area contributed by atoms with Gasteiger partial charge in [0, 0.05) is 32.7 Å². The van der Waals surface area contributed by atoms with Gasteiger partial charge < -0.3 is 8.83 Å². The summed E-state index contributed by atoms with van der Waals surface area (Å²) in [7, 11) is 0. The number of fused-ring (bicyclic) bond motifs is 9. The lowest BCUT2D eigenvalue weighted by Gasteiger charge is -2.24. The van der Waals surface area contributed by atoms with Gasteiger partial charge in [-0.05, 0) is 70.3 Å². The van der Waals surface area contributed by atoms with Gasteiger partial charge in [-0.1, -0.05) is 98.6 Å². The van der Waals surface area contributed by atoms with Crippen molar-refractivity contribution in [2.75, 3.05) is 0 Å². The summed E-state index contributed by atoms with van der Waals surface area (Å²) in [5.74, 6) is 3.42. The Bertz CT molecular complexity index is 2690. The summed E-state index contributed by atoms with van der Waals surface area (Å²) in [5.41, 5.74) is 9.70. The molecule has 3 aromatic heterocycles. The minimum atomic E-state index is -0.454. The molecule has 218 valence electrons. The molecule has 1 aliphatic rings. The maximum Gasteiger partial charge on any atom is 0.231 e. The summed E-state index contributed by atoms with van der Waals surface area (Å²) < 4.78 is 12.9. The number of benzene rings is 5. The van der Waals surface area contributed by atoms with Crippen molar-refractivity contribution in [2.45, 2.75) is 26.2 Å². The Balaban J connectivity index is 1.34. The molecule has 46 heavy (non-hydrogen) atoms. The number of terminal acetylenes is 1. The third-order valence-electron chi connectivity index (χ3n) is 9.56. The minimum absolute atomic E-state index is 0.454. The summed E-state index contributed by atoms with van der Waals surface area (Å²) in [6.45, 7) is 6.56. The van der Waals surface area contributed by atoms with Gasteiger partial charge in [-0.3, -0.25) is 0 Å². The van der Waals surface area contributed by atoms with Crippen LogP contribution in [0, 0.1) is 12.3 Å². The minimum Gasteiger partial charge on any atom is -0.456 e. The quantitative estimate of drug-likeness (QED) is 0.187. The standard InChI is InChI=1S/C42H28N2O2/c1-5-12-29-30-21-22-31-28-15-8-10-17-33(28)45-39(31)37(30)42(3,4)36(29)24(2)40-43-38(27-20-19-25-13-6-7-14-26(25)23-27)35-32-16-9-11-18-34(32)46-41(35)44-40/h1,6-23H,2-4H3/b29-12-,36-24-. The zero-order chi connectivity index (χ0) is 31.2. The van der Waals surface area contributed by atoms with Gasteiger partial charge in [0.1, 0.15) is 16.7 Å². The maximum absolute atomic E-state index is 6.55. The summed E-state index contributed by atoms with van der Waals surface area (Å²) in [6, 6.07) is 35.4. The molecule has 0 saturated heterocycles. The van der Waals surface area contributed by atoms with Gasteiger partial charge in [0.05, 0.1) is 11.1 Å². The molecule has 5 aromatic carbocycles. The van der Waals surface area contributed by atoms with Crippen molar-refractivity contribution >= 4 is 65.9 Å². The predicted molar refractivity (Wildman–Crippen MR) is 188 cm³/mol. The molecular formula is C42H28N2O2. The molecule has 4 nitrogen and oxygen atoms in total. The molecule has 0 unspecified atom stereocenters. The lowest BCUT2D eigenvalue weighted by Crippen LogP contribution is -2.17. The molecule has 0 aliphatic heterocycles. The predicted octanol–water partition coefficient (Wildman–Crippen LogP) is 10.9.